The fraction of sp³-hybridized carbons (Fsp3) is 0.375. The summed E-state index contributed by atoms with van der Waals surface area (Å²) in [5.41, 5.74) is 1.50. The number of hydrogen-bond acceptors (Lipinski definition) is 4. The maximum Gasteiger partial charge on any atom is 0.224 e. The minimum atomic E-state index is -0.416. The molecule has 2 aromatic carbocycles. The fourth-order valence-electron chi connectivity index (χ4n) is 3.88. The monoisotopic (exact) mass is 442 g/mol. The smallest absolute Gasteiger partial charge is 0.224 e. The molecular weight excluding hydrogens is 416 g/mol. The molecule has 1 atom stereocenters. The molecule has 0 saturated carbocycles. The molecule has 7 heteroatoms. The van der Waals surface area contributed by atoms with E-state index < -0.39 is 6.04 Å². The number of benzene rings is 2. The Labute approximate surface area is 187 Å². The van der Waals surface area contributed by atoms with Gasteiger partial charge < -0.3 is 15.0 Å². The molecule has 0 unspecified atom stereocenters. The normalized spacial score (nSPS) is 15.3. The lowest BCUT2D eigenvalue weighted by Gasteiger charge is -2.32. The average Bonchev–Trinajstić information content (AvgIpc) is 2.78. The van der Waals surface area contributed by atoms with E-state index in [0.717, 1.165) is 5.56 Å². The highest BCUT2D eigenvalue weighted by molar-refractivity contribution is 6.30. The van der Waals surface area contributed by atoms with Crippen LogP contribution in [0.5, 0.6) is 5.75 Å². The largest absolute Gasteiger partial charge is 0.497 e. The highest BCUT2D eigenvalue weighted by Gasteiger charge is 2.29. The summed E-state index contributed by atoms with van der Waals surface area (Å²) in [6.45, 7) is 2.49. The van der Waals surface area contributed by atoms with E-state index in [1.54, 1.807) is 48.4 Å². The Hall–Kier alpha value is -2.86. The molecule has 2 amide bonds. The summed E-state index contributed by atoms with van der Waals surface area (Å²) in [4.78, 5) is 39.1. The highest BCUT2D eigenvalue weighted by Crippen LogP contribution is 2.25. The Morgan fingerprint density at radius 1 is 1.06 bits per heavy atom. The molecule has 1 fully saturated rings. The molecule has 0 bridgehead atoms. The number of Topliss-reactive ketones (excluding diaryl/α,β-unsaturated/α-hetero) is 1. The number of nitrogens with zero attached hydrogens (tertiary/aromatic N) is 1. The number of piperidine rings is 1. The zero-order chi connectivity index (χ0) is 22.4. The standard InChI is InChI=1S/C24H27ClN2O4/c1-16(28)26-22(17-3-7-20(25)8-4-17)15-23(29)27-13-11-19(12-14-27)24(30)18-5-9-21(31-2)10-6-18/h3-10,19,22H,11-15H2,1-2H3,(H,26,28)/t22-/m0/s1. The number of ether oxygens (including phenoxy) is 1. The maximum atomic E-state index is 12.9. The molecule has 3 rings (SSSR count). The number of rotatable bonds is 7. The van der Waals surface area contributed by atoms with Crippen molar-refractivity contribution in [3.8, 4) is 5.75 Å². The van der Waals surface area contributed by atoms with E-state index in [-0.39, 0.29) is 29.9 Å². The number of methoxy groups -OCH3 is 1. The summed E-state index contributed by atoms with van der Waals surface area (Å²) >= 11 is 5.95. The van der Waals surface area contributed by atoms with Crippen molar-refractivity contribution in [1.29, 1.82) is 0 Å². The first-order valence-corrected chi connectivity index (χ1v) is 10.7. The molecule has 0 aliphatic carbocycles. The number of carbonyl (C=O) groups excluding carboxylic acids is 3. The van der Waals surface area contributed by atoms with Gasteiger partial charge in [0.15, 0.2) is 5.78 Å². The third-order valence-electron chi connectivity index (χ3n) is 5.62. The Kier molecular flexibility index (Phi) is 7.69. The molecule has 6 nitrogen and oxygen atoms in total. The van der Waals surface area contributed by atoms with E-state index in [1.165, 1.54) is 6.92 Å². The van der Waals surface area contributed by atoms with Crippen LogP contribution in [0.1, 0.15) is 48.1 Å². The van der Waals surface area contributed by atoms with Crippen LogP contribution in [0.25, 0.3) is 0 Å². The van der Waals surface area contributed by atoms with Gasteiger partial charge in [-0.3, -0.25) is 14.4 Å². The first kappa shape index (κ1) is 22.8. The van der Waals surface area contributed by atoms with Crippen molar-refractivity contribution in [2.45, 2.75) is 32.2 Å². The van der Waals surface area contributed by atoms with Crippen molar-refractivity contribution in [2.24, 2.45) is 5.92 Å². The van der Waals surface area contributed by atoms with E-state index >= 15 is 0 Å². The van der Waals surface area contributed by atoms with Gasteiger partial charge in [-0.15, -0.1) is 0 Å². The Bertz CT molecular complexity index is 920. The molecule has 1 aliphatic heterocycles. The molecule has 0 spiro atoms. The Morgan fingerprint density at radius 3 is 2.23 bits per heavy atom. The zero-order valence-electron chi connectivity index (χ0n) is 17.8. The zero-order valence-corrected chi connectivity index (χ0v) is 18.5. The van der Waals surface area contributed by atoms with Crippen LogP contribution in [0.15, 0.2) is 48.5 Å². The van der Waals surface area contributed by atoms with Crippen molar-refractivity contribution in [2.75, 3.05) is 20.2 Å². The third kappa shape index (κ3) is 6.07. The lowest BCUT2D eigenvalue weighted by molar-refractivity contribution is -0.133. The second-order valence-electron chi connectivity index (χ2n) is 7.76. The molecule has 1 N–H and O–H groups in total. The van der Waals surface area contributed by atoms with Gasteiger partial charge in [0.1, 0.15) is 5.75 Å². The second-order valence-corrected chi connectivity index (χ2v) is 8.19. The summed E-state index contributed by atoms with van der Waals surface area (Å²) in [6, 6.07) is 13.8. The summed E-state index contributed by atoms with van der Waals surface area (Å²) in [7, 11) is 1.59. The topological polar surface area (TPSA) is 75.7 Å². The lowest BCUT2D eigenvalue weighted by Crippen LogP contribution is -2.42. The second kappa shape index (κ2) is 10.4. The van der Waals surface area contributed by atoms with E-state index in [0.29, 0.717) is 42.3 Å². The molecule has 164 valence electrons. The van der Waals surface area contributed by atoms with Gasteiger partial charge in [-0.1, -0.05) is 23.7 Å². The molecule has 1 saturated heterocycles. The fourth-order valence-corrected chi connectivity index (χ4v) is 4.00. The van der Waals surface area contributed by atoms with E-state index in [2.05, 4.69) is 5.32 Å². The van der Waals surface area contributed by atoms with Crippen molar-refractivity contribution < 1.29 is 19.1 Å². The number of halogens is 1. The van der Waals surface area contributed by atoms with Crippen molar-refractivity contribution in [3.63, 3.8) is 0 Å². The highest BCUT2D eigenvalue weighted by atomic mass is 35.5. The van der Waals surface area contributed by atoms with Crippen LogP contribution in [-0.2, 0) is 9.59 Å². The first-order valence-electron chi connectivity index (χ1n) is 10.4. The lowest BCUT2D eigenvalue weighted by atomic mass is 9.88. The summed E-state index contributed by atoms with van der Waals surface area (Å²) in [6.07, 6.45) is 1.42. The number of likely N-dealkylation sites (tertiary alicyclic amines) is 1. The summed E-state index contributed by atoms with van der Waals surface area (Å²) in [5.74, 6) is 0.485. The number of ketones is 1. The number of hydrogen-bond donors (Lipinski definition) is 1. The molecule has 31 heavy (non-hydrogen) atoms. The van der Waals surface area contributed by atoms with Crippen LogP contribution >= 0.6 is 11.6 Å². The van der Waals surface area contributed by atoms with Gasteiger partial charge in [-0.05, 0) is 54.8 Å². The van der Waals surface area contributed by atoms with Gasteiger partial charge >= 0.3 is 0 Å². The Morgan fingerprint density at radius 2 is 1.68 bits per heavy atom. The van der Waals surface area contributed by atoms with Crippen LogP contribution < -0.4 is 10.1 Å². The van der Waals surface area contributed by atoms with Crippen LogP contribution in [0.2, 0.25) is 5.02 Å². The van der Waals surface area contributed by atoms with Gasteiger partial charge in [0, 0.05) is 36.5 Å². The van der Waals surface area contributed by atoms with Crippen LogP contribution in [0, 0.1) is 5.92 Å². The summed E-state index contributed by atoms with van der Waals surface area (Å²) < 4.78 is 5.14. The summed E-state index contributed by atoms with van der Waals surface area (Å²) in [5, 5.41) is 3.45. The minimum absolute atomic E-state index is 0.0379. The minimum Gasteiger partial charge on any atom is -0.497 e. The van der Waals surface area contributed by atoms with Crippen molar-refractivity contribution in [3.05, 3.63) is 64.7 Å². The van der Waals surface area contributed by atoms with Crippen LogP contribution in [0.3, 0.4) is 0 Å². The van der Waals surface area contributed by atoms with Crippen LogP contribution in [0.4, 0.5) is 0 Å². The molecule has 0 radical (unpaired) electrons. The SMILES string of the molecule is COc1ccc(C(=O)C2CCN(C(=O)C[C@H](NC(C)=O)c3ccc(Cl)cc3)CC2)cc1. The predicted octanol–water partition coefficient (Wildman–Crippen LogP) is 4.04. The van der Waals surface area contributed by atoms with Crippen molar-refractivity contribution in [1.82, 2.24) is 10.2 Å². The first-order chi connectivity index (χ1) is 14.9. The number of nitrogens with one attached hydrogen (secondary N) is 1. The molecule has 2 aromatic rings. The molecule has 1 heterocycles. The average molecular weight is 443 g/mol. The van der Waals surface area contributed by atoms with E-state index in [4.69, 9.17) is 16.3 Å². The van der Waals surface area contributed by atoms with Crippen molar-refractivity contribution >= 4 is 29.2 Å². The van der Waals surface area contributed by atoms with Crippen LogP contribution in [-0.4, -0.2) is 42.7 Å². The number of carbonyl (C=O) groups is 3. The quantitative estimate of drug-likeness (QED) is 0.656. The Balaban J connectivity index is 1.58. The number of amides is 2. The van der Waals surface area contributed by atoms with E-state index in [9.17, 15) is 14.4 Å². The van der Waals surface area contributed by atoms with Gasteiger partial charge in [-0.25, -0.2) is 0 Å². The maximum absolute atomic E-state index is 12.9. The van der Waals surface area contributed by atoms with E-state index in [1.807, 2.05) is 12.1 Å². The molecule has 1 aliphatic rings. The van der Waals surface area contributed by atoms with Gasteiger partial charge in [0.2, 0.25) is 11.8 Å². The van der Waals surface area contributed by atoms with Gasteiger partial charge in [0.25, 0.3) is 0 Å². The van der Waals surface area contributed by atoms with Gasteiger partial charge in [-0.2, -0.15) is 0 Å². The third-order valence-corrected chi connectivity index (χ3v) is 5.87. The molecular formula is C24H27ClN2O4. The van der Waals surface area contributed by atoms with Gasteiger partial charge in [0.05, 0.1) is 19.6 Å². The molecule has 0 aromatic heterocycles. The predicted molar refractivity (Wildman–Crippen MR) is 119 cm³/mol.